The molecule has 0 radical (unpaired) electrons. The van der Waals surface area contributed by atoms with Crippen LogP contribution in [0.2, 0.25) is 0 Å². The number of ether oxygens (including phenoxy) is 2. The van der Waals surface area contributed by atoms with Gasteiger partial charge in [0.05, 0.1) is 0 Å². The van der Waals surface area contributed by atoms with Gasteiger partial charge in [0.15, 0.2) is 11.5 Å². The van der Waals surface area contributed by atoms with Crippen LogP contribution in [0.4, 0.5) is 10.5 Å². The summed E-state index contributed by atoms with van der Waals surface area (Å²) in [5.74, 6) is 1.47. The Morgan fingerprint density at radius 3 is 2.70 bits per heavy atom. The molecule has 0 saturated heterocycles. The maximum absolute atomic E-state index is 12.7. The Balaban J connectivity index is 1.45. The largest absolute Gasteiger partial charge is 0.454 e. The van der Waals surface area contributed by atoms with Gasteiger partial charge in [0.1, 0.15) is 0 Å². The fraction of sp³-hybridized carbons (Fsp3) is 0.190. The Morgan fingerprint density at radius 2 is 1.89 bits per heavy atom. The van der Waals surface area contributed by atoms with E-state index in [2.05, 4.69) is 5.32 Å². The maximum atomic E-state index is 12.7. The molecule has 6 heteroatoms. The third kappa shape index (κ3) is 3.74. The van der Waals surface area contributed by atoms with E-state index in [0.29, 0.717) is 13.1 Å². The zero-order valence-electron chi connectivity index (χ0n) is 15.1. The van der Waals surface area contributed by atoms with Crippen LogP contribution in [0.3, 0.4) is 0 Å². The second kappa shape index (κ2) is 7.45. The molecule has 0 spiro atoms. The highest BCUT2D eigenvalue weighted by atomic mass is 16.7. The molecule has 1 aliphatic heterocycles. The number of nitrogens with zero attached hydrogens (tertiary/aromatic N) is 2. The van der Waals surface area contributed by atoms with Crippen molar-refractivity contribution in [2.45, 2.75) is 13.5 Å². The summed E-state index contributed by atoms with van der Waals surface area (Å²) in [6, 6.07) is 17.3. The van der Waals surface area contributed by atoms with E-state index in [0.717, 1.165) is 28.4 Å². The monoisotopic (exact) mass is 363 g/mol. The number of rotatable bonds is 5. The van der Waals surface area contributed by atoms with E-state index < -0.39 is 0 Å². The van der Waals surface area contributed by atoms with Gasteiger partial charge in [0, 0.05) is 36.9 Å². The van der Waals surface area contributed by atoms with Gasteiger partial charge >= 0.3 is 6.03 Å². The summed E-state index contributed by atoms with van der Waals surface area (Å²) >= 11 is 0. The predicted molar refractivity (Wildman–Crippen MR) is 103 cm³/mol. The molecule has 2 heterocycles. The number of carbonyl (C=O) groups is 1. The van der Waals surface area contributed by atoms with Gasteiger partial charge in [-0.3, -0.25) is 0 Å². The Labute approximate surface area is 157 Å². The van der Waals surface area contributed by atoms with E-state index in [9.17, 15) is 4.79 Å². The second-order valence-corrected chi connectivity index (χ2v) is 6.27. The molecule has 4 rings (SSSR count). The molecule has 1 aliphatic rings. The third-order valence-corrected chi connectivity index (χ3v) is 4.48. The Kier molecular flexibility index (Phi) is 4.70. The summed E-state index contributed by atoms with van der Waals surface area (Å²) in [6.45, 7) is 3.30. The van der Waals surface area contributed by atoms with Gasteiger partial charge in [0.25, 0.3) is 0 Å². The average Bonchev–Trinajstić information content (AvgIpc) is 3.37. The third-order valence-electron chi connectivity index (χ3n) is 4.48. The smallest absolute Gasteiger partial charge is 0.322 e. The van der Waals surface area contributed by atoms with Crippen molar-refractivity contribution in [3.8, 4) is 17.2 Å². The number of fused-ring (bicyclic) bond motifs is 1. The molecule has 1 aromatic heterocycles. The summed E-state index contributed by atoms with van der Waals surface area (Å²) in [4.78, 5) is 14.5. The fourth-order valence-electron chi connectivity index (χ4n) is 3.04. The van der Waals surface area contributed by atoms with Gasteiger partial charge in [-0.25, -0.2) is 4.79 Å². The fourth-order valence-corrected chi connectivity index (χ4v) is 3.04. The lowest BCUT2D eigenvalue weighted by atomic mass is 10.2. The van der Waals surface area contributed by atoms with E-state index in [-0.39, 0.29) is 12.8 Å². The highest BCUT2D eigenvalue weighted by Gasteiger charge is 2.17. The van der Waals surface area contributed by atoms with Crippen LogP contribution >= 0.6 is 0 Å². The Morgan fingerprint density at radius 1 is 1.07 bits per heavy atom. The van der Waals surface area contributed by atoms with Crippen LogP contribution < -0.4 is 14.8 Å². The average molecular weight is 363 g/mol. The van der Waals surface area contributed by atoms with Gasteiger partial charge in [-0.15, -0.1) is 0 Å². The summed E-state index contributed by atoms with van der Waals surface area (Å²) < 4.78 is 12.8. The first kappa shape index (κ1) is 17.0. The van der Waals surface area contributed by atoms with Gasteiger partial charge < -0.3 is 24.3 Å². The molecular weight excluding hydrogens is 342 g/mol. The first-order valence-corrected chi connectivity index (χ1v) is 8.91. The molecule has 2 aromatic carbocycles. The minimum atomic E-state index is -0.139. The first-order valence-electron chi connectivity index (χ1n) is 8.91. The maximum Gasteiger partial charge on any atom is 0.322 e. The number of amides is 2. The van der Waals surface area contributed by atoms with Crippen molar-refractivity contribution in [1.82, 2.24) is 9.47 Å². The van der Waals surface area contributed by atoms with Crippen molar-refractivity contribution in [2.75, 3.05) is 18.7 Å². The van der Waals surface area contributed by atoms with Gasteiger partial charge in [-0.05, 0) is 55.0 Å². The highest BCUT2D eigenvalue weighted by molar-refractivity contribution is 5.89. The van der Waals surface area contributed by atoms with Crippen molar-refractivity contribution in [2.24, 2.45) is 0 Å². The molecule has 0 aliphatic carbocycles. The molecule has 0 bridgehead atoms. The van der Waals surface area contributed by atoms with Crippen molar-refractivity contribution >= 4 is 11.7 Å². The van der Waals surface area contributed by atoms with E-state index >= 15 is 0 Å². The molecule has 2 amide bonds. The number of hydrogen-bond acceptors (Lipinski definition) is 3. The van der Waals surface area contributed by atoms with E-state index in [1.54, 1.807) is 4.90 Å². The quantitative estimate of drug-likeness (QED) is 0.737. The molecule has 0 unspecified atom stereocenters. The normalized spacial score (nSPS) is 12.0. The minimum absolute atomic E-state index is 0.139. The van der Waals surface area contributed by atoms with E-state index in [4.69, 9.17) is 9.47 Å². The summed E-state index contributed by atoms with van der Waals surface area (Å²) in [5.41, 5.74) is 2.75. The molecule has 3 aromatic rings. The lowest BCUT2D eigenvalue weighted by Crippen LogP contribution is -2.34. The van der Waals surface area contributed by atoms with Crippen LogP contribution in [0, 0.1) is 0 Å². The Hall–Kier alpha value is -3.41. The number of anilines is 1. The first-order chi connectivity index (χ1) is 13.2. The standard InChI is InChI=1S/C21H21N3O3/c1-2-23(14-16-8-9-19-20(12-16)27-15-26-19)21(25)22-17-6-5-7-18(13-17)24-10-3-4-11-24/h3-13H,2,14-15H2,1H3,(H,22,25). The number of nitrogens with one attached hydrogen (secondary N) is 1. The van der Waals surface area contributed by atoms with Crippen LogP contribution in [-0.4, -0.2) is 28.8 Å². The number of carbonyl (C=O) groups excluding carboxylic acids is 1. The van der Waals surface area contributed by atoms with Gasteiger partial charge in [-0.1, -0.05) is 12.1 Å². The molecule has 6 nitrogen and oxygen atoms in total. The molecule has 0 saturated carbocycles. The van der Waals surface area contributed by atoms with Crippen LogP contribution in [0.5, 0.6) is 11.5 Å². The molecule has 0 fully saturated rings. The summed E-state index contributed by atoms with van der Waals surface area (Å²) in [5, 5.41) is 2.99. The van der Waals surface area contributed by atoms with Crippen molar-refractivity contribution in [1.29, 1.82) is 0 Å². The van der Waals surface area contributed by atoms with Crippen LogP contribution in [0.25, 0.3) is 5.69 Å². The summed E-state index contributed by atoms with van der Waals surface area (Å²) in [7, 11) is 0. The SMILES string of the molecule is CCN(Cc1ccc2c(c1)OCO2)C(=O)Nc1cccc(-n2cccc2)c1. The highest BCUT2D eigenvalue weighted by Crippen LogP contribution is 2.32. The van der Waals surface area contributed by atoms with Crippen molar-refractivity contribution < 1.29 is 14.3 Å². The van der Waals surface area contributed by atoms with E-state index in [1.165, 1.54) is 0 Å². The van der Waals surface area contributed by atoms with Crippen LogP contribution in [0.1, 0.15) is 12.5 Å². The lowest BCUT2D eigenvalue weighted by Gasteiger charge is -2.22. The second-order valence-electron chi connectivity index (χ2n) is 6.27. The molecule has 138 valence electrons. The summed E-state index contributed by atoms with van der Waals surface area (Å²) in [6.07, 6.45) is 3.94. The van der Waals surface area contributed by atoms with E-state index in [1.807, 2.05) is 78.5 Å². The van der Waals surface area contributed by atoms with Crippen molar-refractivity contribution in [3.05, 3.63) is 72.6 Å². The van der Waals surface area contributed by atoms with Crippen LogP contribution in [-0.2, 0) is 6.54 Å². The Bertz CT molecular complexity index is 938. The molecule has 27 heavy (non-hydrogen) atoms. The van der Waals surface area contributed by atoms with Gasteiger partial charge in [-0.2, -0.15) is 0 Å². The zero-order chi connectivity index (χ0) is 18.6. The lowest BCUT2D eigenvalue weighted by molar-refractivity contribution is 0.174. The number of benzene rings is 2. The zero-order valence-corrected chi connectivity index (χ0v) is 15.1. The number of hydrogen-bond donors (Lipinski definition) is 1. The minimum Gasteiger partial charge on any atom is -0.454 e. The van der Waals surface area contributed by atoms with Crippen molar-refractivity contribution in [3.63, 3.8) is 0 Å². The topological polar surface area (TPSA) is 55.7 Å². The predicted octanol–water partition coefficient (Wildman–Crippen LogP) is 4.26. The number of aromatic nitrogens is 1. The molecule has 1 N–H and O–H groups in total. The molecule has 0 atom stereocenters. The van der Waals surface area contributed by atoms with Crippen LogP contribution in [0.15, 0.2) is 67.0 Å². The molecular formula is C21H21N3O3. The number of urea groups is 1. The van der Waals surface area contributed by atoms with Gasteiger partial charge in [0.2, 0.25) is 6.79 Å².